The second-order valence-electron chi connectivity index (χ2n) is 6.33. The van der Waals surface area contributed by atoms with Gasteiger partial charge in [0.25, 0.3) is 0 Å². The van der Waals surface area contributed by atoms with E-state index in [1.807, 2.05) is 18.2 Å². The fraction of sp³-hybridized carbons (Fsp3) is 0.667. The van der Waals surface area contributed by atoms with Gasteiger partial charge in [0.2, 0.25) is 0 Å². The number of rotatable bonds is 8. The fourth-order valence-electron chi connectivity index (χ4n) is 2.90. The van der Waals surface area contributed by atoms with Gasteiger partial charge in [-0.1, -0.05) is 6.92 Å². The van der Waals surface area contributed by atoms with E-state index in [9.17, 15) is 5.11 Å². The third-order valence-corrected chi connectivity index (χ3v) is 4.40. The highest BCUT2D eigenvalue weighted by Crippen LogP contribution is 2.24. The lowest BCUT2D eigenvalue weighted by Gasteiger charge is -2.31. The van der Waals surface area contributed by atoms with Crippen molar-refractivity contribution in [2.24, 2.45) is 5.92 Å². The third kappa shape index (κ3) is 5.68. The summed E-state index contributed by atoms with van der Waals surface area (Å²) in [6, 6.07) is 5.62. The Morgan fingerprint density at radius 1 is 1.22 bits per heavy atom. The van der Waals surface area contributed by atoms with Gasteiger partial charge in [0.15, 0.2) is 0 Å². The summed E-state index contributed by atoms with van der Waals surface area (Å²) < 4.78 is 16.2. The van der Waals surface area contributed by atoms with Gasteiger partial charge in [-0.2, -0.15) is 0 Å². The average molecular weight is 323 g/mol. The Morgan fingerprint density at radius 2 is 1.96 bits per heavy atom. The average Bonchev–Trinajstić information content (AvgIpc) is 2.57. The number of ether oxygens (including phenoxy) is 3. The molecule has 1 aliphatic rings. The number of likely N-dealkylation sites (tertiary alicyclic amines) is 1. The SMILES string of the molecule is COc1ccc(OC)c(COC[C@H](O)CN2CCC(C)CC2)c1. The minimum absolute atomic E-state index is 0.326. The number of aliphatic hydroxyl groups is 1. The largest absolute Gasteiger partial charge is 0.497 e. The zero-order chi connectivity index (χ0) is 16.7. The first-order valence-electron chi connectivity index (χ1n) is 8.31. The van der Waals surface area contributed by atoms with Crippen LogP contribution in [0.15, 0.2) is 18.2 Å². The summed E-state index contributed by atoms with van der Waals surface area (Å²) in [4.78, 5) is 2.32. The molecule has 23 heavy (non-hydrogen) atoms. The molecule has 1 fully saturated rings. The van der Waals surface area contributed by atoms with Crippen LogP contribution in [0.5, 0.6) is 11.5 Å². The van der Waals surface area contributed by atoms with Crippen molar-refractivity contribution in [3.8, 4) is 11.5 Å². The Labute approximate surface area is 139 Å². The first-order valence-corrected chi connectivity index (χ1v) is 8.31. The van der Waals surface area contributed by atoms with Crippen molar-refractivity contribution in [2.45, 2.75) is 32.5 Å². The number of methoxy groups -OCH3 is 2. The predicted molar refractivity (Wildman–Crippen MR) is 90.0 cm³/mol. The summed E-state index contributed by atoms with van der Waals surface area (Å²) in [5.41, 5.74) is 0.922. The van der Waals surface area contributed by atoms with Gasteiger partial charge in [0.1, 0.15) is 11.5 Å². The molecular weight excluding hydrogens is 294 g/mol. The molecule has 0 amide bonds. The summed E-state index contributed by atoms with van der Waals surface area (Å²) in [6.45, 7) is 5.84. The highest BCUT2D eigenvalue weighted by Gasteiger charge is 2.18. The van der Waals surface area contributed by atoms with E-state index in [0.29, 0.717) is 19.8 Å². The molecule has 1 aromatic carbocycles. The Morgan fingerprint density at radius 3 is 2.61 bits per heavy atom. The van der Waals surface area contributed by atoms with E-state index in [2.05, 4.69) is 11.8 Å². The Balaban J connectivity index is 1.75. The molecule has 1 aromatic rings. The highest BCUT2D eigenvalue weighted by atomic mass is 16.5. The van der Waals surface area contributed by atoms with Crippen LogP contribution in [0.25, 0.3) is 0 Å². The first kappa shape index (κ1) is 18.0. The van der Waals surface area contributed by atoms with E-state index in [0.717, 1.165) is 36.1 Å². The van der Waals surface area contributed by atoms with Crippen LogP contribution in [0.2, 0.25) is 0 Å². The number of aliphatic hydroxyl groups excluding tert-OH is 1. The lowest BCUT2D eigenvalue weighted by atomic mass is 9.99. The molecule has 0 saturated carbocycles. The molecule has 5 nitrogen and oxygen atoms in total. The minimum atomic E-state index is -0.458. The van der Waals surface area contributed by atoms with Crippen molar-refractivity contribution >= 4 is 0 Å². The zero-order valence-electron chi connectivity index (χ0n) is 14.5. The summed E-state index contributed by atoms with van der Waals surface area (Å²) in [6.07, 6.45) is 1.98. The molecule has 0 radical (unpaired) electrons. The van der Waals surface area contributed by atoms with Gasteiger partial charge in [-0.15, -0.1) is 0 Å². The molecule has 5 heteroatoms. The van der Waals surface area contributed by atoms with E-state index in [1.54, 1.807) is 14.2 Å². The molecule has 1 aliphatic heterocycles. The van der Waals surface area contributed by atoms with Crippen LogP contribution in [0, 0.1) is 5.92 Å². The van der Waals surface area contributed by atoms with Crippen molar-refractivity contribution in [3.05, 3.63) is 23.8 Å². The lowest BCUT2D eigenvalue weighted by molar-refractivity contribution is 0.00449. The molecule has 0 unspecified atom stereocenters. The van der Waals surface area contributed by atoms with Crippen LogP contribution in [-0.4, -0.2) is 56.6 Å². The van der Waals surface area contributed by atoms with E-state index >= 15 is 0 Å². The van der Waals surface area contributed by atoms with E-state index in [-0.39, 0.29) is 0 Å². The van der Waals surface area contributed by atoms with Gasteiger partial charge in [0.05, 0.1) is 33.5 Å². The summed E-state index contributed by atoms with van der Waals surface area (Å²) in [5, 5.41) is 10.1. The highest BCUT2D eigenvalue weighted by molar-refractivity contribution is 5.39. The molecule has 130 valence electrons. The Bertz CT molecular complexity index is 472. The summed E-state index contributed by atoms with van der Waals surface area (Å²) >= 11 is 0. The third-order valence-electron chi connectivity index (χ3n) is 4.40. The maximum atomic E-state index is 10.1. The molecule has 1 heterocycles. The van der Waals surface area contributed by atoms with Crippen LogP contribution in [0.4, 0.5) is 0 Å². The summed E-state index contributed by atoms with van der Waals surface area (Å²) in [7, 11) is 3.27. The second-order valence-corrected chi connectivity index (χ2v) is 6.33. The van der Waals surface area contributed by atoms with Crippen molar-refractivity contribution in [2.75, 3.05) is 40.5 Å². The normalized spacial score (nSPS) is 17.9. The number of piperidine rings is 1. The quantitative estimate of drug-likeness (QED) is 0.796. The van der Waals surface area contributed by atoms with Gasteiger partial charge >= 0.3 is 0 Å². The second kappa shape index (κ2) is 9.11. The van der Waals surface area contributed by atoms with Gasteiger partial charge in [0, 0.05) is 12.1 Å². The maximum absolute atomic E-state index is 10.1. The maximum Gasteiger partial charge on any atom is 0.124 e. The number of hydrogen-bond acceptors (Lipinski definition) is 5. The number of nitrogens with zero attached hydrogens (tertiary/aromatic N) is 1. The van der Waals surface area contributed by atoms with Crippen LogP contribution in [0.3, 0.4) is 0 Å². The minimum Gasteiger partial charge on any atom is -0.497 e. The molecule has 1 saturated heterocycles. The molecule has 0 aliphatic carbocycles. The number of hydrogen-bond donors (Lipinski definition) is 1. The summed E-state index contributed by atoms with van der Waals surface area (Å²) in [5.74, 6) is 2.35. The van der Waals surface area contributed by atoms with Gasteiger partial charge < -0.3 is 24.2 Å². The predicted octanol–water partition coefficient (Wildman–Crippen LogP) is 2.31. The zero-order valence-corrected chi connectivity index (χ0v) is 14.5. The number of β-amino-alcohol motifs (C(OH)–C–C–N with tert-alkyl or cyclic N) is 1. The first-order chi connectivity index (χ1) is 11.1. The Kier molecular flexibility index (Phi) is 7.15. The van der Waals surface area contributed by atoms with Crippen molar-refractivity contribution in [1.82, 2.24) is 4.90 Å². The topological polar surface area (TPSA) is 51.2 Å². The lowest BCUT2D eigenvalue weighted by Crippen LogP contribution is -2.39. The molecule has 0 aromatic heterocycles. The van der Waals surface area contributed by atoms with Gasteiger partial charge in [-0.05, 0) is 50.0 Å². The van der Waals surface area contributed by atoms with Gasteiger partial charge in [-0.3, -0.25) is 0 Å². The van der Waals surface area contributed by atoms with Crippen LogP contribution < -0.4 is 9.47 Å². The number of benzene rings is 1. The van der Waals surface area contributed by atoms with Gasteiger partial charge in [-0.25, -0.2) is 0 Å². The van der Waals surface area contributed by atoms with Crippen molar-refractivity contribution < 1.29 is 19.3 Å². The van der Waals surface area contributed by atoms with Crippen molar-refractivity contribution in [3.63, 3.8) is 0 Å². The van der Waals surface area contributed by atoms with E-state index in [4.69, 9.17) is 14.2 Å². The van der Waals surface area contributed by atoms with E-state index in [1.165, 1.54) is 12.8 Å². The molecule has 0 spiro atoms. The molecule has 2 rings (SSSR count). The standard InChI is InChI=1S/C18H29NO4/c1-14-6-8-19(9-7-14)11-16(20)13-23-12-15-10-17(21-2)4-5-18(15)22-3/h4-5,10,14,16,20H,6-9,11-13H2,1-3H3/t16-/m1/s1. The molecule has 1 N–H and O–H groups in total. The van der Waals surface area contributed by atoms with E-state index < -0.39 is 6.10 Å². The van der Waals surface area contributed by atoms with Crippen LogP contribution in [0.1, 0.15) is 25.3 Å². The molecule has 1 atom stereocenters. The molecule has 0 bridgehead atoms. The smallest absolute Gasteiger partial charge is 0.124 e. The van der Waals surface area contributed by atoms with Crippen molar-refractivity contribution in [1.29, 1.82) is 0 Å². The Hall–Kier alpha value is -1.30. The fourth-order valence-corrected chi connectivity index (χ4v) is 2.90. The van der Waals surface area contributed by atoms with Crippen LogP contribution in [-0.2, 0) is 11.3 Å². The molecular formula is C18H29NO4. The monoisotopic (exact) mass is 323 g/mol. The van der Waals surface area contributed by atoms with Crippen LogP contribution >= 0.6 is 0 Å².